The van der Waals surface area contributed by atoms with Crippen LogP contribution in [0.1, 0.15) is 45.4 Å². The van der Waals surface area contributed by atoms with Crippen molar-refractivity contribution in [1.82, 2.24) is 10.6 Å². The SMILES string of the molecule is CC(NC(=O)CC1COCCN1)C1CCCCC1.Cl. The third-order valence-corrected chi connectivity index (χ3v) is 4.18. The summed E-state index contributed by atoms with van der Waals surface area (Å²) in [5, 5.41) is 6.48. The van der Waals surface area contributed by atoms with Crippen LogP contribution in [0.4, 0.5) is 0 Å². The molecule has 2 N–H and O–H groups in total. The molecule has 0 aromatic carbocycles. The van der Waals surface area contributed by atoms with Crippen molar-refractivity contribution in [3.05, 3.63) is 0 Å². The predicted molar refractivity (Wildman–Crippen MR) is 78.7 cm³/mol. The van der Waals surface area contributed by atoms with Crippen LogP contribution in [0.5, 0.6) is 0 Å². The van der Waals surface area contributed by atoms with Crippen molar-refractivity contribution in [2.24, 2.45) is 5.92 Å². The van der Waals surface area contributed by atoms with Gasteiger partial charge >= 0.3 is 0 Å². The van der Waals surface area contributed by atoms with Crippen LogP contribution in [0, 0.1) is 5.92 Å². The van der Waals surface area contributed by atoms with E-state index in [4.69, 9.17) is 4.74 Å². The zero-order chi connectivity index (χ0) is 12.8. The van der Waals surface area contributed by atoms with E-state index in [1.165, 1.54) is 32.1 Å². The number of hydrogen-bond acceptors (Lipinski definition) is 3. The van der Waals surface area contributed by atoms with Crippen LogP contribution in [0.3, 0.4) is 0 Å². The van der Waals surface area contributed by atoms with Crippen LogP contribution in [-0.2, 0) is 9.53 Å². The molecule has 1 heterocycles. The van der Waals surface area contributed by atoms with Gasteiger partial charge in [0.05, 0.1) is 13.2 Å². The number of carbonyl (C=O) groups excluding carboxylic acids is 1. The van der Waals surface area contributed by atoms with Crippen LogP contribution >= 0.6 is 12.4 Å². The van der Waals surface area contributed by atoms with Crippen molar-refractivity contribution >= 4 is 18.3 Å². The predicted octanol–water partition coefficient (Wildman–Crippen LogP) is 1.87. The van der Waals surface area contributed by atoms with Gasteiger partial charge in [0.15, 0.2) is 0 Å². The number of halogens is 1. The van der Waals surface area contributed by atoms with Gasteiger partial charge in [0.1, 0.15) is 0 Å². The molecule has 1 aliphatic carbocycles. The lowest BCUT2D eigenvalue weighted by Gasteiger charge is -2.29. The summed E-state index contributed by atoms with van der Waals surface area (Å²) in [5.74, 6) is 0.842. The molecule has 1 amide bonds. The summed E-state index contributed by atoms with van der Waals surface area (Å²) < 4.78 is 5.36. The Balaban J connectivity index is 0.00000180. The maximum Gasteiger partial charge on any atom is 0.221 e. The number of nitrogens with one attached hydrogen (secondary N) is 2. The fourth-order valence-corrected chi connectivity index (χ4v) is 3.04. The zero-order valence-corrected chi connectivity index (χ0v) is 12.6. The first kappa shape index (κ1) is 16.7. The number of hydrogen-bond donors (Lipinski definition) is 2. The van der Waals surface area contributed by atoms with E-state index in [2.05, 4.69) is 17.6 Å². The van der Waals surface area contributed by atoms with E-state index in [1.807, 2.05) is 0 Å². The van der Waals surface area contributed by atoms with Gasteiger partial charge in [0.2, 0.25) is 5.91 Å². The lowest BCUT2D eigenvalue weighted by molar-refractivity contribution is -0.123. The van der Waals surface area contributed by atoms with Gasteiger partial charge in [-0.05, 0) is 25.7 Å². The molecule has 5 heteroatoms. The number of carbonyl (C=O) groups is 1. The van der Waals surface area contributed by atoms with E-state index >= 15 is 0 Å². The van der Waals surface area contributed by atoms with E-state index in [0.717, 1.165) is 13.2 Å². The largest absolute Gasteiger partial charge is 0.378 e. The molecule has 1 saturated carbocycles. The first-order valence-corrected chi connectivity index (χ1v) is 7.36. The molecule has 2 aliphatic rings. The first-order valence-electron chi connectivity index (χ1n) is 7.36. The number of rotatable bonds is 4. The fourth-order valence-electron chi connectivity index (χ4n) is 3.04. The number of morpholine rings is 1. The molecular formula is C14H27ClN2O2. The third-order valence-electron chi connectivity index (χ3n) is 4.18. The molecule has 2 rings (SSSR count). The Labute approximate surface area is 122 Å². The van der Waals surface area contributed by atoms with Gasteiger partial charge in [-0.1, -0.05) is 19.3 Å². The Morgan fingerprint density at radius 2 is 2.11 bits per heavy atom. The second kappa shape index (κ2) is 8.77. The molecule has 112 valence electrons. The Bertz CT molecular complexity index is 264. The van der Waals surface area contributed by atoms with Crippen molar-refractivity contribution in [2.45, 2.75) is 57.5 Å². The average molecular weight is 291 g/mol. The lowest BCUT2D eigenvalue weighted by atomic mass is 9.84. The minimum absolute atomic E-state index is 0. The molecule has 1 saturated heterocycles. The monoisotopic (exact) mass is 290 g/mol. The highest BCUT2D eigenvalue weighted by atomic mass is 35.5. The minimum atomic E-state index is 0. The van der Waals surface area contributed by atoms with Crippen LogP contribution in [0.2, 0.25) is 0 Å². The van der Waals surface area contributed by atoms with Crippen LogP contribution in [-0.4, -0.2) is 37.7 Å². The molecule has 0 aromatic heterocycles. The topological polar surface area (TPSA) is 50.4 Å². The normalized spacial score (nSPS) is 26.3. The van der Waals surface area contributed by atoms with Gasteiger partial charge in [-0.3, -0.25) is 4.79 Å². The van der Waals surface area contributed by atoms with Gasteiger partial charge in [-0.25, -0.2) is 0 Å². The summed E-state index contributed by atoms with van der Waals surface area (Å²) in [6, 6.07) is 0.514. The molecule has 2 atom stereocenters. The molecule has 2 fully saturated rings. The second-order valence-electron chi connectivity index (χ2n) is 5.68. The van der Waals surface area contributed by atoms with Crippen molar-refractivity contribution in [1.29, 1.82) is 0 Å². The summed E-state index contributed by atoms with van der Waals surface area (Å²) in [7, 11) is 0. The Hall–Kier alpha value is -0.320. The zero-order valence-electron chi connectivity index (χ0n) is 11.8. The Morgan fingerprint density at radius 3 is 2.74 bits per heavy atom. The summed E-state index contributed by atoms with van der Waals surface area (Å²) in [4.78, 5) is 12.0. The third kappa shape index (κ3) is 5.67. The molecule has 0 bridgehead atoms. The maximum absolute atomic E-state index is 12.0. The van der Waals surface area contributed by atoms with E-state index in [9.17, 15) is 4.79 Å². The molecule has 4 nitrogen and oxygen atoms in total. The molecule has 19 heavy (non-hydrogen) atoms. The highest BCUT2D eigenvalue weighted by Gasteiger charge is 2.23. The fraction of sp³-hybridized carbons (Fsp3) is 0.929. The number of ether oxygens (including phenoxy) is 1. The Morgan fingerprint density at radius 1 is 1.37 bits per heavy atom. The van der Waals surface area contributed by atoms with E-state index in [-0.39, 0.29) is 24.4 Å². The van der Waals surface area contributed by atoms with Gasteiger partial charge in [0.25, 0.3) is 0 Å². The molecule has 1 aliphatic heterocycles. The van der Waals surface area contributed by atoms with Crippen molar-refractivity contribution in [2.75, 3.05) is 19.8 Å². The van der Waals surface area contributed by atoms with Crippen LogP contribution in [0.25, 0.3) is 0 Å². The van der Waals surface area contributed by atoms with Gasteiger partial charge in [-0.15, -0.1) is 12.4 Å². The van der Waals surface area contributed by atoms with Crippen LogP contribution in [0.15, 0.2) is 0 Å². The van der Waals surface area contributed by atoms with Gasteiger partial charge in [0, 0.05) is 25.0 Å². The molecule has 0 radical (unpaired) electrons. The highest BCUT2D eigenvalue weighted by molar-refractivity contribution is 5.85. The average Bonchev–Trinajstić information content (AvgIpc) is 2.40. The highest BCUT2D eigenvalue weighted by Crippen LogP contribution is 2.26. The minimum Gasteiger partial charge on any atom is -0.378 e. The van der Waals surface area contributed by atoms with E-state index < -0.39 is 0 Å². The molecule has 2 unspecified atom stereocenters. The van der Waals surface area contributed by atoms with E-state index in [1.54, 1.807) is 0 Å². The summed E-state index contributed by atoms with van der Waals surface area (Å²) >= 11 is 0. The summed E-state index contributed by atoms with van der Waals surface area (Å²) in [6.45, 7) is 4.43. The molecular weight excluding hydrogens is 264 g/mol. The smallest absolute Gasteiger partial charge is 0.221 e. The Kier molecular flexibility index (Phi) is 7.73. The standard InChI is InChI=1S/C14H26N2O2.ClH/c1-11(12-5-3-2-4-6-12)16-14(17)9-13-10-18-8-7-15-13;/h11-13,15H,2-10H2,1H3,(H,16,17);1H. The quantitative estimate of drug-likeness (QED) is 0.831. The summed E-state index contributed by atoms with van der Waals surface area (Å²) in [6.07, 6.45) is 7.09. The van der Waals surface area contributed by atoms with Crippen molar-refractivity contribution in [3.8, 4) is 0 Å². The van der Waals surface area contributed by atoms with Gasteiger partial charge in [-0.2, -0.15) is 0 Å². The molecule has 0 spiro atoms. The van der Waals surface area contributed by atoms with E-state index in [0.29, 0.717) is 25.0 Å². The second-order valence-corrected chi connectivity index (χ2v) is 5.68. The summed E-state index contributed by atoms with van der Waals surface area (Å²) in [5.41, 5.74) is 0. The molecule has 0 aromatic rings. The van der Waals surface area contributed by atoms with Gasteiger partial charge < -0.3 is 15.4 Å². The van der Waals surface area contributed by atoms with Crippen molar-refractivity contribution in [3.63, 3.8) is 0 Å². The first-order chi connectivity index (χ1) is 8.75. The number of amides is 1. The van der Waals surface area contributed by atoms with Crippen LogP contribution < -0.4 is 10.6 Å². The lowest BCUT2D eigenvalue weighted by Crippen LogP contribution is -2.46. The van der Waals surface area contributed by atoms with Crippen molar-refractivity contribution < 1.29 is 9.53 Å². The maximum atomic E-state index is 12.0.